The quantitative estimate of drug-likeness (QED) is 0.628. The molecule has 0 radical (unpaired) electrons. The first-order chi connectivity index (χ1) is 15.9. The van der Waals surface area contributed by atoms with Crippen LogP contribution in [-0.4, -0.2) is 48.5 Å². The van der Waals surface area contributed by atoms with Crippen LogP contribution in [0.2, 0.25) is 5.02 Å². The van der Waals surface area contributed by atoms with Crippen molar-refractivity contribution in [2.75, 3.05) is 25.1 Å². The van der Waals surface area contributed by atoms with Gasteiger partial charge in [-0.25, -0.2) is 14.4 Å². The molecule has 10 heteroatoms. The third kappa shape index (κ3) is 4.68. The number of urea groups is 1. The Labute approximate surface area is 194 Å². The number of amides is 3. The van der Waals surface area contributed by atoms with Crippen molar-refractivity contribution in [2.45, 2.75) is 13.0 Å². The largest absolute Gasteiger partial charge is 0.462 e. The molecule has 0 spiro atoms. The van der Waals surface area contributed by atoms with Gasteiger partial charge in [0, 0.05) is 10.7 Å². The van der Waals surface area contributed by atoms with E-state index in [9.17, 15) is 19.2 Å². The Morgan fingerprint density at radius 2 is 1.85 bits per heavy atom. The molecule has 0 bridgehead atoms. The SMILES string of the molecule is CCOC(=O)c1ccc(NC(=O)CN2C(=O)N[C@@H](c3ccc(Cl)cc3)C3=C2COC3=O)cc1. The molecule has 9 nitrogen and oxygen atoms in total. The minimum Gasteiger partial charge on any atom is -0.462 e. The lowest BCUT2D eigenvalue weighted by Gasteiger charge is -2.32. The van der Waals surface area contributed by atoms with E-state index in [0.717, 1.165) is 0 Å². The third-order valence-electron chi connectivity index (χ3n) is 5.18. The predicted molar refractivity (Wildman–Crippen MR) is 118 cm³/mol. The number of ether oxygens (including phenoxy) is 2. The van der Waals surface area contributed by atoms with Crippen LogP contribution in [0, 0.1) is 0 Å². The van der Waals surface area contributed by atoms with Gasteiger partial charge in [-0.15, -0.1) is 0 Å². The van der Waals surface area contributed by atoms with Crippen LogP contribution in [0.25, 0.3) is 0 Å². The molecule has 2 aliphatic rings. The number of benzene rings is 2. The Balaban J connectivity index is 1.50. The number of carbonyl (C=O) groups is 4. The van der Waals surface area contributed by atoms with E-state index in [-0.39, 0.29) is 25.3 Å². The van der Waals surface area contributed by atoms with Crippen molar-refractivity contribution in [1.82, 2.24) is 10.2 Å². The number of nitrogens with zero attached hydrogens (tertiary/aromatic N) is 1. The topological polar surface area (TPSA) is 114 Å². The van der Waals surface area contributed by atoms with E-state index in [0.29, 0.717) is 27.5 Å². The first-order valence-corrected chi connectivity index (χ1v) is 10.6. The normalized spacial score (nSPS) is 17.3. The van der Waals surface area contributed by atoms with Gasteiger partial charge < -0.3 is 20.1 Å². The molecule has 4 rings (SSSR count). The van der Waals surface area contributed by atoms with Crippen molar-refractivity contribution in [2.24, 2.45) is 0 Å². The number of hydrogen-bond donors (Lipinski definition) is 2. The molecule has 0 saturated heterocycles. The summed E-state index contributed by atoms with van der Waals surface area (Å²) in [6, 6.07) is 11.7. The van der Waals surface area contributed by atoms with Crippen LogP contribution < -0.4 is 10.6 Å². The lowest BCUT2D eigenvalue weighted by Crippen LogP contribution is -2.49. The van der Waals surface area contributed by atoms with Gasteiger partial charge in [-0.1, -0.05) is 23.7 Å². The zero-order chi connectivity index (χ0) is 23.5. The molecule has 0 aliphatic carbocycles. The molecule has 0 aromatic heterocycles. The van der Waals surface area contributed by atoms with Gasteiger partial charge >= 0.3 is 18.0 Å². The lowest BCUT2D eigenvalue weighted by atomic mass is 9.96. The number of nitrogens with one attached hydrogen (secondary N) is 2. The summed E-state index contributed by atoms with van der Waals surface area (Å²) >= 11 is 5.94. The Hall–Kier alpha value is -3.85. The van der Waals surface area contributed by atoms with Crippen molar-refractivity contribution >= 4 is 41.2 Å². The minimum atomic E-state index is -0.700. The molecule has 0 unspecified atom stereocenters. The maximum atomic E-state index is 12.8. The van der Waals surface area contributed by atoms with Gasteiger partial charge in [-0.3, -0.25) is 9.69 Å². The van der Waals surface area contributed by atoms with Gasteiger partial charge in [0.1, 0.15) is 13.2 Å². The summed E-state index contributed by atoms with van der Waals surface area (Å²) in [6.07, 6.45) is 0. The van der Waals surface area contributed by atoms with Gasteiger partial charge in [-0.05, 0) is 48.9 Å². The van der Waals surface area contributed by atoms with Crippen LogP contribution in [0.1, 0.15) is 28.9 Å². The van der Waals surface area contributed by atoms with E-state index in [4.69, 9.17) is 21.1 Å². The highest BCUT2D eigenvalue weighted by atomic mass is 35.5. The first-order valence-electron chi connectivity index (χ1n) is 10.2. The Bertz CT molecular complexity index is 1140. The van der Waals surface area contributed by atoms with E-state index >= 15 is 0 Å². The zero-order valence-corrected chi connectivity index (χ0v) is 18.3. The van der Waals surface area contributed by atoms with Crippen molar-refractivity contribution in [3.8, 4) is 0 Å². The van der Waals surface area contributed by atoms with Crippen LogP contribution >= 0.6 is 11.6 Å². The fourth-order valence-corrected chi connectivity index (χ4v) is 3.76. The number of carbonyl (C=O) groups excluding carboxylic acids is 4. The summed E-state index contributed by atoms with van der Waals surface area (Å²) in [5.41, 5.74) is 2.09. The molecule has 0 fully saturated rings. The average Bonchev–Trinajstić information content (AvgIpc) is 3.18. The fraction of sp³-hybridized carbons (Fsp3) is 0.217. The standard InChI is InChI=1S/C23H20ClN3O6/c1-2-32-21(29)14-5-9-16(10-6-14)25-18(28)11-27-17-12-33-22(30)19(17)20(26-23(27)31)13-3-7-15(24)8-4-13/h3-10,20H,2,11-12H2,1H3,(H,25,28)(H,26,31)/t20-/m0/s1. The summed E-state index contributed by atoms with van der Waals surface area (Å²) in [5, 5.41) is 5.96. The van der Waals surface area contributed by atoms with Gasteiger partial charge in [0.2, 0.25) is 5.91 Å². The molecular formula is C23H20ClN3O6. The molecule has 2 aromatic rings. The summed E-state index contributed by atoms with van der Waals surface area (Å²) in [6.45, 7) is 1.55. The molecular weight excluding hydrogens is 450 g/mol. The van der Waals surface area contributed by atoms with Gasteiger partial charge in [0.25, 0.3) is 0 Å². The minimum absolute atomic E-state index is 0.104. The molecule has 2 aromatic carbocycles. The molecule has 0 saturated carbocycles. The highest BCUT2D eigenvalue weighted by Crippen LogP contribution is 2.35. The molecule has 3 amide bonds. The van der Waals surface area contributed by atoms with E-state index in [2.05, 4.69) is 10.6 Å². The summed E-state index contributed by atoms with van der Waals surface area (Å²) in [4.78, 5) is 50.8. The average molecular weight is 470 g/mol. The van der Waals surface area contributed by atoms with Crippen LogP contribution in [0.15, 0.2) is 59.8 Å². The summed E-state index contributed by atoms with van der Waals surface area (Å²) in [5.74, 6) is -1.49. The van der Waals surface area contributed by atoms with Gasteiger partial charge in [-0.2, -0.15) is 0 Å². The number of anilines is 1. The van der Waals surface area contributed by atoms with Crippen LogP contribution in [-0.2, 0) is 19.1 Å². The van der Waals surface area contributed by atoms with E-state index in [1.807, 2.05) is 0 Å². The second-order valence-electron chi connectivity index (χ2n) is 7.30. The smallest absolute Gasteiger partial charge is 0.338 e. The number of cyclic esters (lactones) is 1. The molecule has 2 N–H and O–H groups in total. The Kier molecular flexibility index (Phi) is 6.32. The molecule has 33 heavy (non-hydrogen) atoms. The van der Waals surface area contributed by atoms with Crippen molar-refractivity contribution in [3.05, 3.63) is 76.0 Å². The van der Waals surface area contributed by atoms with Crippen molar-refractivity contribution < 1.29 is 28.7 Å². The van der Waals surface area contributed by atoms with E-state index in [1.165, 1.54) is 17.0 Å². The van der Waals surface area contributed by atoms with Crippen molar-refractivity contribution in [3.63, 3.8) is 0 Å². The van der Waals surface area contributed by atoms with Crippen molar-refractivity contribution in [1.29, 1.82) is 0 Å². The number of rotatable bonds is 6. The van der Waals surface area contributed by atoms with Crippen LogP contribution in [0.5, 0.6) is 0 Å². The first kappa shape index (κ1) is 22.3. The highest BCUT2D eigenvalue weighted by Gasteiger charge is 2.42. The maximum absolute atomic E-state index is 12.8. The Morgan fingerprint density at radius 3 is 2.52 bits per heavy atom. The van der Waals surface area contributed by atoms with Gasteiger partial charge in [0.05, 0.1) is 29.5 Å². The monoisotopic (exact) mass is 469 g/mol. The molecule has 170 valence electrons. The van der Waals surface area contributed by atoms with E-state index < -0.39 is 29.9 Å². The number of hydrogen-bond acceptors (Lipinski definition) is 6. The van der Waals surface area contributed by atoms with Gasteiger partial charge in [0.15, 0.2) is 0 Å². The van der Waals surface area contributed by atoms with Crippen LogP contribution in [0.3, 0.4) is 0 Å². The fourth-order valence-electron chi connectivity index (χ4n) is 3.63. The third-order valence-corrected chi connectivity index (χ3v) is 5.44. The molecule has 1 atom stereocenters. The second-order valence-corrected chi connectivity index (χ2v) is 7.74. The predicted octanol–water partition coefficient (Wildman–Crippen LogP) is 3.03. The number of esters is 2. The zero-order valence-electron chi connectivity index (χ0n) is 17.6. The van der Waals surface area contributed by atoms with E-state index in [1.54, 1.807) is 43.3 Å². The number of halogens is 1. The summed E-state index contributed by atoms with van der Waals surface area (Å²) < 4.78 is 10.1. The molecule has 2 aliphatic heterocycles. The Morgan fingerprint density at radius 1 is 1.15 bits per heavy atom. The maximum Gasteiger partial charge on any atom is 0.338 e. The lowest BCUT2D eigenvalue weighted by molar-refractivity contribution is -0.136. The highest BCUT2D eigenvalue weighted by molar-refractivity contribution is 6.30. The second kappa shape index (κ2) is 9.33. The van der Waals surface area contributed by atoms with Crippen LogP contribution in [0.4, 0.5) is 10.5 Å². The summed E-state index contributed by atoms with van der Waals surface area (Å²) in [7, 11) is 0. The molecule has 2 heterocycles.